The topological polar surface area (TPSA) is 203 Å². The fourth-order valence-corrected chi connectivity index (χ4v) is 8.85. The summed E-state index contributed by atoms with van der Waals surface area (Å²) < 4.78 is 18.0. The molecule has 2 aromatic rings. The number of aliphatic hydroxyl groups excluding tert-OH is 3. The number of ether oxygens (including phenoxy) is 3. The molecule has 6 N–H and O–H groups in total. The second-order valence-corrected chi connectivity index (χ2v) is 17.4. The Balaban J connectivity index is 1.55. The SMILES string of the molecule is CO[C@H]1C=COC2(C)Oc3c(C)c(O)c4c(O)c(c5c(c4c3C2=O)NC2(CCN(CC(C)C)CC2)N=5)=NC(=O)C(C)=C/C=C/[C@H](C)[C@H](O)[C@@H](C)[C@@H](O)[C@@H](C)[C@H](O)[C@@H]1C. The van der Waals surface area contributed by atoms with Crippen LogP contribution in [0.3, 0.4) is 0 Å². The number of carbonyl (C=O) groups is 2. The first-order valence-electron chi connectivity index (χ1n) is 20.3. The maximum atomic E-state index is 14.6. The van der Waals surface area contributed by atoms with Crippen LogP contribution in [-0.2, 0) is 14.3 Å². The van der Waals surface area contributed by atoms with Crippen molar-refractivity contribution in [2.24, 2.45) is 39.6 Å². The Morgan fingerprint density at radius 3 is 2.21 bits per heavy atom. The standard InChI is InChI=1S/C44H60N4O10/c1-21(2)20-48-17-15-44(16-18-48)46-32-29-30-38(52)27(8)40-31(29)41(54)43(9,58-40)57-19-14-28(56-10)24(5)36(50)26(7)37(51)25(6)35(49)22(3)12-11-13-23(4)42(55)45-34(39(30)53)33(32)47-44/h11-14,19,21-22,24-26,28,35-37,46,49-53H,15-18,20H2,1-10H3/b12-11+,19-14?,23-13?,45-34?/t22-,24+,25+,26-,28-,35-,36+,37+,43?/m0/s1. The van der Waals surface area contributed by atoms with Crippen molar-refractivity contribution in [1.29, 1.82) is 0 Å². The maximum Gasteiger partial charge on any atom is 0.312 e. The van der Waals surface area contributed by atoms with Crippen molar-refractivity contribution in [3.05, 3.63) is 58.0 Å². The van der Waals surface area contributed by atoms with Crippen molar-refractivity contribution in [3.8, 4) is 17.2 Å². The number of allylic oxidation sites excluding steroid dienone is 2. The molecule has 1 unspecified atom stereocenters. The lowest BCUT2D eigenvalue weighted by Gasteiger charge is -2.38. The number of hydrogen-bond donors (Lipinski definition) is 6. The van der Waals surface area contributed by atoms with E-state index >= 15 is 0 Å². The van der Waals surface area contributed by atoms with Crippen molar-refractivity contribution in [2.75, 3.05) is 32.1 Å². The molecule has 58 heavy (non-hydrogen) atoms. The normalized spacial score (nSPS) is 32.4. The Hall–Kier alpha value is -4.34. The van der Waals surface area contributed by atoms with Gasteiger partial charge in [0.1, 0.15) is 27.9 Å². The first-order valence-corrected chi connectivity index (χ1v) is 20.3. The number of phenols is 2. The maximum absolute atomic E-state index is 14.6. The Kier molecular flexibility index (Phi) is 12.2. The number of phenolic OH excluding ortho intramolecular Hbond substituents is 2. The Bertz CT molecular complexity index is 2170. The number of likely N-dealkylation sites (tertiary alicyclic amines) is 1. The number of rotatable bonds is 3. The molecule has 9 atom stereocenters. The lowest BCUT2D eigenvalue weighted by molar-refractivity contribution is -0.114. The minimum absolute atomic E-state index is 0.0682. The number of fused-ring (bicyclic) bond motifs is 1. The van der Waals surface area contributed by atoms with Crippen LogP contribution in [0.2, 0.25) is 0 Å². The highest BCUT2D eigenvalue weighted by Crippen LogP contribution is 2.51. The first kappa shape index (κ1) is 43.2. The first-order chi connectivity index (χ1) is 27.3. The molecule has 4 aliphatic heterocycles. The minimum Gasteiger partial charge on any atom is -0.507 e. The highest BCUT2D eigenvalue weighted by Gasteiger charge is 2.50. The summed E-state index contributed by atoms with van der Waals surface area (Å²) in [6.45, 7) is 18.3. The van der Waals surface area contributed by atoms with Crippen molar-refractivity contribution >= 4 is 28.2 Å². The number of benzene rings is 2. The van der Waals surface area contributed by atoms with E-state index in [2.05, 4.69) is 29.1 Å². The van der Waals surface area contributed by atoms with Crippen LogP contribution in [-0.4, -0.2) is 105 Å². The number of hydrogen-bond acceptors (Lipinski definition) is 13. The Labute approximate surface area is 339 Å². The molecule has 0 aromatic heterocycles. The number of anilines is 1. The summed E-state index contributed by atoms with van der Waals surface area (Å²) in [7, 11) is 1.47. The highest BCUT2D eigenvalue weighted by molar-refractivity contribution is 6.21. The fourth-order valence-electron chi connectivity index (χ4n) is 8.85. The van der Waals surface area contributed by atoms with Crippen molar-refractivity contribution in [1.82, 2.24) is 4.90 Å². The van der Waals surface area contributed by atoms with Gasteiger partial charge >= 0.3 is 5.79 Å². The molecule has 1 fully saturated rings. The van der Waals surface area contributed by atoms with E-state index in [1.54, 1.807) is 65.8 Å². The zero-order valence-electron chi connectivity index (χ0n) is 35.2. The van der Waals surface area contributed by atoms with Crippen molar-refractivity contribution in [2.45, 2.75) is 111 Å². The average Bonchev–Trinajstić information content (AvgIpc) is 3.69. The number of methoxy groups -OCH3 is 1. The van der Waals surface area contributed by atoms with Crippen LogP contribution in [0.1, 0.15) is 84.2 Å². The van der Waals surface area contributed by atoms with E-state index in [-0.39, 0.29) is 49.7 Å². The van der Waals surface area contributed by atoms with Crippen LogP contribution in [0.4, 0.5) is 5.69 Å². The summed E-state index contributed by atoms with van der Waals surface area (Å²) in [5.41, 5.74) is -0.0451. The minimum atomic E-state index is -1.92. The number of amides is 1. The van der Waals surface area contributed by atoms with Crippen LogP contribution in [0, 0.1) is 36.5 Å². The third-order valence-electron chi connectivity index (χ3n) is 12.7. The van der Waals surface area contributed by atoms with E-state index in [9.17, 15) is 35.1 Å². The van der Waals surface area contributed by atoms with Gasteiger partial charge in [0.05, 0.1) is 47.3 Å². The third kappa shape index (κ3) is 7.65. The predicted octanol–water partition coefficient (Wildman–Crippen LogP) is 4.18. The number of nitrogens with zero attached hydrogens (tertiary/aromatic N) is 3. The number of nitrogens with one attached hydrogen (secondary N) is 1. The molecule has 4 bridgehead atoms. The highest BCUT2D eigenvalue weighted by atomic mass is 16.7. The van der Waals surface area contributed by atoms with E-state index < -0.39 is 77.0 Å². The summed E-state index contributed by atoms with van der Waals surface area (Å²) in [5, 5.41) is 61.5. The molecule has 6 rings (SSSR count). The monoisotopic (exact) mass is 804 g/mol. The van der Waals surface area contributed by atoms with E-state index in [1.807, 2.05) is 0 Å². The van der Waals surface area contributed by atoms with Crippen LogP contribution in [0.25, 0.3) is 10.8 Å². The smallest absolute Gasteiger partial charge is 0.312 e. The molecule has 14 nitrogen and oxygen atoms in total. The molecule has 2 aromatic carbocycles. The number of aliphatic hydroxyl groups is 3. The number of aromatic hydroxyl groups is 2. The molecule has 316 valence electrons. The quantitative estimate of drug-likeness (QED) is 0.242. The zero-order valence-corrected chi connectivity index (χ0v) is 35.2. The van der Waals surface area contributed by atoms with Gasteiger partial charge in [-0.25, -0.2) is 4.99 Å². The molecule has 14 heteroatoms. The van der Waals surface area contributed by atoms with Gasteiger partial charge in [-0.1, -0.05) is 59.8 Å². The van der Waals surface area contributed by atoms with Gasteiger partial charge in [-0.15, -0.1) is 0 Å². The second kappa shape index (κ2) is 16.4. The molecule has 0 aliphatic carbocycles. The van der Waals surface area contributed by atoms with Gasteiger partial charge < -0.3 is 50.0 Å². The van der Waals surface area contributed by atoms with Crippen LogP contribution in [0.15, 0.2) is 46.1 Å². The van der Waals surface area contributed by atoms with E-state index in [0.717, 1.165) is 19.6 Å². The Morgan fingerprint density at radius 2 is 1.57 bits per heavy atom. The van der Waals surface area contributed by atoms with Crippen molar-refractivity contribution in [3.63, 3.8) is 0 Å². The number of carbonyl (C=O) groups excluding carboxylic acids is 2. The van der Waals surface area contributed by atoms with Gasteiger partial charge in [0.25, 0.3) is 11.7 Å². The molecular weight excluding hydrogens is 745 g/mol. The average molecular weight is 805 g/mol. The molecular formula is C44H60N4O10. The van der Waals surface area contributed by atoms with Crippen LogP contribution < -0.4 is 20.8 Å². The molecule has 1 amide bonds. The van der Waals surface area contributed by atoms with E-state index in [1.165, 1.54) is 20.3 Å². The van der Waals surface area contributed by atoms with Gasteiger partial charge in [0.15, 0.2) is 5.75 Å². The summed E-state index contributed by atoms with van der Waals surface area (Å²) in [4.78, 5) is 40.3. The molecule has 0 saturated carbocycles. The van der Waals surface area contributed by atoms with E-state index in [4.69, 9.17) is 19.2 Å². The van der Waals surface area contributed by atoms with Crippen LogP contribution >= 0.6 is 0 Å². The zero-order chi connectivity index (χ0) is 42.6. The summed E-state index contributed by atoms with van der Waals surface area (Å²) in [6, 6.07) is 0. The number of ketones is 1. The molecule has 1 saturated heterocycles. The molecule has 0 radical (unpaired) electrons. The van der Waals surface area contributed by atoms with E-state index in [0.29, 0.717) is 24.4 Å². The Morgan fingerprint density at radius 1 is 0.931 bits per heavy atom. The predicted molar refractivity (Wildman–Crippen MR) is 218 cm³/mol. The van der Waals surface area contributed by atoms with Gasteiger partial charge in [-0.05, 0) is 25.8 Å². The van der Waals surface area contributed by atoms with Crippen molar-refractivity contribution < 1.29 is 49.3 Å². The van der Waals surface area contributed by atoms with Gasteiger partial charge in [0, 0.05) is 86.7 Å². The lowest BCUT2D eigenvalue weighted by Crippen LogP contribution is -2.47. The molecule has 1 spiro atoms. The summed E-state index contributed by atoms with van der Waals surface area (Å²) >= 11 is 0. The molecule has 4 heterocycles. The summed E-state index contributed by atoms with van der Waals surface area (Å²) in [5.74, 6) is -5.83. The lowest BCUT2D eigenvalue weighted by atomic mass is 9.78. The van der Waals surface area contributed by atoms with Crippen LogP contribution in [0.5, 0.6) is 17.2 Å². The molecule has 4 aliphatic rings. The number of Topliss-reactive ketones (excluding diaryl/α,β-unsaturated/α-hetero) is 1. The number of piperidine rings is 1. The third-order valence-corrected chi connectivity index (χ3v) is 12.7. The fraction of sp³-hybridized carbons (Fsp3) is 0.591. The second-order valence-electron chi connectivity index (χ2n) is 17.4. The van der Waals surface area contributed by atoms with Gasteiger partial charge in [0.2, 0.25) is 0 Å². The van der Waals surface area contributed by atoms with Gasteiger partial charge in [-0.3, -0.25) is 14.6 Å². The largest absolute Gasteiger partial charge is 0.507 e. The summed E-state index contributed by atoms with van der Waals surface area (Å²) in [6.07, 6.45) is 5.02. The van der Waals surface area contributed by atoms with Gasteiger partial charge in [-0.2, -0.15) is 0 Å².